The molecular formula is C17H15ClN2O3. The van der Waals surface area contributed by atoms with Crippen molar-refractivity contribution in [3.8, 4) is 5.75 Å². The summed E-state index contributed by atoms with van der Waals surface area (Å²) >= 11 is 5.78. The largest absolute Gasteiger partial charge is 0.496 e. The van der Waals surface area contributed by atoms with Crippen LogP contribution in [0, 0.1) is 0 Å². The zero-order valence-corrected chi connectivity index (χ0v) is 13.1. The Labute approximate surface area is 138 Å². The second kappa shape index (κ2) is 8.00. The summed E-state index contributed by atoms with van der Waals surface area (Å²) in [6.07, 6.45) is 2.92. The van der Waals surface area contributed by atoms with Gasteiger partial charge in [0.25, 0.3) is 11.8 Å². The molecule has 0 aliphatic rings. The van der Waals surface area contributed by atoms with Crippen LogP contribution in [0.3, 0.4) is 0 Å². The molecule has 0 radical (unpaired) electrons. The number of halogens is 1. The molecule has 118 valence electrons. The summed E-state index contributed by atoms with van der Waals surface area (Å²) in [6, 6.07) is 13.7. The van der Waals surface area contributed by atoms with Gasteiger partial charge < -0.3 is 4.74 Å². The maximum atomic E-state index is 12.0. The predicted octanol–water partition coefficient (Wildman–Crippen LogP) is 2.82. The average Bonchev–Trinajstić information content (AvgIpc) is 2.59. The molecule has 5 nitrogen and oxygen atoms in total. The number of hydrogen-bond donors (Lipinski definition) is 2. The average molecular weight is 331 g/mol. The molecule has 0 aliphatic heterocycles. The van der Waals surface area contributed by atoms with Gasteiger partial charge in [-0.2, -0.15) is 0 Å². The van der Waals surface area contributed by atoms with Crippen LogP contribution in [0.1, 0.15) is 15.9 Å². The Morgan fingerprint density at radius 1 is 1.04 bits per heavy atom. The van der Waals surface area contributed by atoms with Gasteiger partial charge in [-0.05, 0) is 35.9 Å². The van der Waals surface area contributed by atoms with Gasteiger partial charge in [-0.1, -0.05) is 35.9 Å². The number of para-hydroxylation sites is 1. The Morgan fingerprint density at radius 2 is 1.74 bits per heavy atom. The van der Waals surface area contributed by atoms with Crippen molar-refractivity contribution in [2.24, 2.45) is 0 Å². The molecule has 2 rings (SSSR count). The summed E-state index contributed by atoms with van der Waals surface area (Å²) in [4.78, 5) is 23.7. The predicted molar refractivity (Wildman–Crippen MR) is 89.1 cm³/mol. The number of hydrogen-bond acceptors (Lipinski definition) is 3. The fourth-order valence-corrected chi connectivity index (χ4v) is 1.93. The van der Waals surface area contributed by atoms with Crippen LogP contribution in [0.2, 0.25) is 5.02 Å². The van der Waals surface area contributed by atoms with Crippen LogP contribution >= 0.6 is 11.6 Å². The number of carbonyl (C=O) groups is 2. The summed E-state index contributed by atoms with van der Waals surface area (Å²) in [5.41, 5.74) is 5.79. The van der Waals surface area contributed by atoms with Crippen LogP contribution in [-0.4, -0.2) is 18.9 Å². The van der Waals surface area contributed by atoms with E-state index in [1.54, 1.807) is 54.6 Å². The first-order valence-corrected chi connectivity index (χ1v) is 7.15. The highest BCUT2D eigenvalue weighted by atomic mass is 35.5. The van der Waals surface area contributed by atoms with E-state index < -0.39 is 11.8 Å². The lowest BCUT2D eigenvalue weighted by Gasteiger charge is -2.08. The van der Waals surface area contributed by atoms with E-state index in [1.165, 1.54) is 13.2 Å². The van der Waals surface area contributed by atoms with Gasteiger partial charge in [0.15, 0.2) is 0 Å². The monoisotopic (exact) mass is 330 g/mol. The van der Waals surface area contributed by atoms with Gasteiger partial charge >= 0.3 is 0 Å². The van der Waals surface area contributed by atoms with Crippen molar-refractivity contribution in [1.82, 2.24) is 10.9 Å². The van der Waals surface area contributed by atoms with Gasteiger partial charge in [-0.25, -0.2) is 0 Å². The maximum absolute atomic E-state index is 12.0. The quantitative estimate of drug-likeness (QED) is 0.669. The molecule has 2 aromatic rings. The maximum Gasteiger partial charge on any atom is 0.273 e. The van der Waals surface area contributed by atoms with Crippen molar-refractivity contribution in [2.45, 2.75) is 0 Å². The molecule has 0 aromatic heterocycles. The lowest BCUT2D eigenvalue weighted by atomic mass is 10.2. The third kappa shape index (κ3) is 4.86. The molecule has 0 heterocycles. The Morgan fingerprint density at radius 3 is 2.43 bits per heavy atom. The van der Waals surface area contributed by atoms with Crippen LogP contribution in [0.25, 0.3) is 6.08 Å². The van der Waals surface area contributed by atoms with E-state index in [9.17, 15) is 9.59 Å². The number of rotatable bonds is 4. The molecule has 23 heavy (non-hydrogen) atoms. The number of benzene rings is 2. The highest BCUT2D eigenvalue weighted by molar-refractivity contribution is 6.30. The molecule has 0 saturated carbocycles. The normalized spacial score (nSPS) is 10.3. The van der Waals surface area contributed by atoms with Crippen molar-refractivity contribution < 1.29 is 14.3 Å². The van der Waals surface area contributed by atoms with Crippen molar-refractivity contribution in [1.29, 1.82) is 0 Å². The van der Waals surface area contributed by atoms with Crippen LogP contribution in [0.15, 0.2) is 54.6 Å². The fraction of sp³-hybridized carbons (Fsp3) is 0.0588. The standard InChI is InChI=1S/C17H15ClN2O3/c1-23-15-5-3-2-4-14(15)17(22)20-19-16(21)11-8-12-6-9-13(18)10-7-12/h2-11H,1H3,(H,19,21)(H,20,22)/b11-8+. The lowest BCUT2D eigenvalue weighted by Crippen LogP contribution is -2.40. The first-order valence-electron chi connectivity index (χ1n) is 6.77. The molecule has 0 saturated heterocycles. The van der Waals surface area contributed by atoms with E-state index in [1.807, 2.05) is 0 Å². The Bertz CT molecular complexity index is 727. The number of methoxy groups -OCH3 is 1. The highest BCUT2D eigenvalue weighted by Crippen LogP contribution is 2.16. The third-order valence-corrected chi connectivity index (χ3v) is 3.20. The number of hydrazine groups is 1. The van der Waals surface area contributed by atoms with Crippen molar-refractivity contribution >= 4 is 29.5 Å². The minimum Gasteiger partial charge on any atom is -0.496 e. The van der Waals surface area contributed by atoms with Crippen molar-refractivity contribution in [3.63, 3.8) is 0 Å². The molecular weight excluding hydrogens is 316 g/mol. The molecule has 0 spiro atoms. The SMILES string of the molecule is COc1ccccc1C(=O)NNC(=O)/C=C/c1ccc(Cl)cc1. The van der Waals surface area contributed by atoms with E-state index in [2.05, 4.69) is 10.9 Å². The minimum absolute atomic E-state index is 0.331. The summed E-state index contributed by atoms with van der Waals surface area (Å²) in [7, 11) is 1.47. The highest BCUT2D eigenvalue weighted by Gasteiger charge is 2.11. The molecule has 0 aliphatic carbocycles. The second-order valence-corrected chi connectivity index (χ2v) is 4.96. The van der Waals surface area contributed by atoms with E-state index in [-0.39, 0.29) is 0 Å². The van der Waals surface area contributed by atoms with Gasteiger partial charge in [0, 0.05) is 11.1 Å². The van der Waals surface area contributed by atoms with E-state index in [0.717, 1.165) is 5.56 Å². The lowest BCUT2D eigenvalue weighted by molar-refractivity contribution is -0.117. The Balaban J connectivity index is 1.91. The number of nitrogens with one attached hydrogen (secondary N) is 2. The summed E-state index contributed by atoms with van der Waals surface area (Å²) < 4.78 is 5.09. The van der Waals surface area contributed by atoms with Crippen LogP contribution in [0.4, 0.5) is 0 Å². The zero-order chi connectivity index (χ0) is 16.7. The Hall–Kier alpha value is -2.79. The first kappa shape index (κ1) is 16.6. The van der Waals surface area contributed by atoms with E-state index in [4.69, 9.17) is 16.3 Å². The van der Waals surface area contributed by atoms with Gasteiger partial charge in [0.2, 0.25) is 0 Å². The minimum atomic E-state index is -0.462. The molecule has 0 atom stereocenters. The van der Waals surface area contributed by atoms with Gasteiger partial charge in [0.1, 0.15) is 5.75 Å². The smallest absolute Gasteiger partial charge is 0.273 e. The van der Waals surface area contributed by atoms with Gasteiger partial charge in [0.05, 0.1) is 12.7 Å². The van der Waals surface area contributed by atoms with E-state index >= 15 is 0 Å². The molecule has 2 amide bonds. The van der Waals surface area contributed by atoms with Crippen LogP contribution in [-0.2, 0) is 4.79 Å². The third-order valence-electron chi connectivity index (χ3n) is 2.95. The number of ether oxygens (including phenoxy) is 1. The number of amides is 2. The summed E-state index contributed by atoms with van der Waals surface area (Å²) in [5.74, 6) is -0.491. The Kier molecular flexibility index (Phi) is 5.77. The topological polar surface area (TPSA) is 67.4 Å². The van der Waals surface area contributed by atoms with E-state index in [0.29, 0.717) is 16.3 Å². The van der Waals surface area contributed by atoms with Crippen molar-refractivity contribution in [2.75, 3.05) is 7.11 Å². The number of carbonyl (C=O) groups excluding carboxylic acids is 2. The molecule has 0 bridgehead atoms. The molecule has 6 heteroatoms. The van der Waals surface area contributed by atoms with Gasteiger partial charge in [-0.15, -0.1) is 0 Å². The zero-order valence-electron chi connectivity index (χ0n) is 12.4. The second-order valence-electron chi connectivity index (χ2n) is 4.53. The van der Waals surface area contributed by atoms with Crippen LogP contribution in [0.5, 0.6) is 5.75 Å². The fourth-order valence-electron chi connectivity index (χ4n) is 1.81. The first-order chi connectivity index (χ1) is 11.1. The molecule has 0 unspecified atom stereocenters. The molecule has 2 N–H and O–H groups in total. The summed E-state index contributed by atoms with van der Waals surface area (Å²) in [5, 5.41) is 0.621. The molecule has 0 fully saturated rings. The van der Waals surface area contributed by atoms with Crippen molar-refractivity contribution in [3.05, 3.63) is 70.8 Å². The summed E-state index contributed by atoms with van der Waals surface area (Å²) in [6.45, 7) is 0. The van der Waals surface area contributed by atoms with Crippen LogP contribution < -0.4 is 15.6 Å². The molecule has 2 aromatic carbocycles. The van der Waals surface area contributed by atoms with Gasteiger partial charge in [-0.3, -0.25) is 20.4 Å².